The summed E-state index contributed by atoms with van der Waals surface area (Å²) in [6, 6.07) is 17.2. The third-order valence-corrected chi connectivity index (χ3v) is 5.32. The highest BCUT2D eigenvalue weighted by atomic mass is 35.5. The molecule has 0 unspecified atom stereocenters. The van der Waals surface area contributed by atoms with E-state index in [1.807, 2.05) is 6.07 Å². The summed E-state index contributed by atoms with van der Waals surface area (Å²) in [6.07, 6.45) is 1.48. The number of hydrazone groups is 1. The molecule has 3 aromatic carbocycles. The summed E-state index contributed by atoms with van der Waals surface area (Å²) >= 11 is 12.0. The molecule has 0 bridgehead atoms. The molecule has 0 aliphatic carbocycles. The number of hydrogen-bond donors (Lipinski definition) is 2. The van der Waals surface area contributed by atoms with Crippen LogP contribution in [0.2, 0.25) is 10.0 Å². The molecule has 0 spiro atoms. The predicted octanol–water partition coefficient (Wildman–Crippen LogP) is 4.18. The first-order valence-corrected chi connectivity index (χ1v) is 10.9. The number of nitrogens with zero attached hydrogens (tertiary/aromatic N) is 1. The van der Waals surface area contributed by atoms with E-state index in [-0.39, 0.29) is 13.3 Å². The Hall–Kier alpha value is -3.75. The zero-order chi connectivity index (χ0) is 23.9. The van der Waals surface area contributed by atoms with Gasteiger partial charge < -0.3 is 19.5 Å². The van der Waals surface area contributed by atoms with Gasteiger partial charge in [-0.05, 0) is 60.2 Å². The molecule has 1 heterocycles. The largest absolute Gasteiger partial charge is 0.489 e. The number of rotatable bonds is 8. The monoisotopic (exact) mass is 499 g/mol. The highest BCUT2D eigenvalue weighted by Gasteiger charge is 2.16. The normalized spacial score (nSPS) is 11.9. The maximum absolute atomic E-state index is 12.2. The van der Waals surface area contributed by atoms with Crippen LogP contribution in [0.3, 0.4) is 0 Å². The average Bonchev–Trinajstić information content (AvgIpc) is 3.31. The Morgan fingerprint density at radius 3 is 2.59 bits per heavy atom. The average molecular weight is 500 g/mol. The molecule has 0 saturated carbocycles. The Bertz CT molecular complexity index is 1230. The van der Waals surface area contributed by atoms with E-state index in [1.165, 1.54) is 6.21 Å². The summed E-state index contributed by atoms with van der Waals surface area (Å²) in [4.78, 5) is 24.2. The molecule has 0 aromatic heterocycles. The quantitative estimate of drug-likeness (QED) is 0.357. The van der Waals surface area contributed by atoms with Crippen molar-refractivity contribution in [3.8, 4) is 17.2 Å². The molecule has 0 radical (unpaired) electrons. The Balaban J connectivity index is 1.20. The van der Waals surface area contributed by atoms with Crippen molar-refractivity contribution >= 4 is 41.2 Å². The first-order valence-electron chi connectivity index (χ1n) is 10.1. The summed E-state index contributed by atoms with van der Waals surface area (Å²) in [7, 11) is 0. The van der Waals surface area contributed by atoms with Crippen LogP contribution in [0.1, 0.15) is 21.5 Å². The van der Waals surface area contributed by atoms with Gasteiger partial charge in [0.15, 0.2) is 11.5 Å². The van der Waals surface area contributed by atoms with Gasteiger partial charge in [-0.2, -0.15) is 5.10 Å². The van der Waals surface area contributed by atoms with Gasteiger partial charge in [0.25, 0.3) is 11.8 Å². The van der Waals surface area contributed by atoms with Crippen LogP contribution in [-0.4, -0.2) is 31.4 Å². The highest BCUT2D eigenvalue weighted by molar-refractivity contribution is 6.35. The van der Waals surface area contributed by atoms with Gasteiger partial charge in [0.2, 0.25) is 6.79 Å². The minimum Gasteiger partial charge on any atom is -0.489 e. The van der Waals surface area contributed by atoms with Gasteiger partial charge >= 0.3 is 0 Å². The maximum atomic E-state index is 12.2. The molecule has 1 aliphatic rings. The van der Waals surface area contributed by atoms with Crippen molar-refractivity contribution in [2.75, 3.05) is 13.3 Å². The van der Waals surface area contributed by atoms with Crippen LogP contribution < -0.4 is 25.0 Å². The van der Waals surface area contributed by atoms with E-state index in [9.17, 15) is 9.59 Å². The van der Waals surface area contributed by atoms with Crippen LogP contribution in [0.15, 0.2) is 65.8 Å². The number of halogens is 2. The number of nitrogens with one attached hydrogen (secondary N) is 2. The molecule has 1 aliphatic heterocycles. The molecule has 0 fully saturated rings. The van der Waals surface area contributed by atoms with Crippen molar-refractivity contribution in [1.29, 1.82) is 0 Å². The van der Waals surface area contributed by atoms with E-state index in [4.69, 9.17) is 37.4 Å². The van der Waals surface area contributed by atoms with E-state index in [0.717, 1.165) is 11.1 Å². The lowest BCUT2D eigenvalue weighted by Crippen LogP contribution is -2.34. The van der Waals surface area contributed by atoms with Crippen molar-refractivity contribution in [2.45, 2.75) is 6.61 Å². The Morgan fingerprint density at radius 2 is 1.79 bits per heavy atom. The van der Waals surface area contributed by atoms with Gasteiger partial charge in [-0.3, -0.25) is 9.59 Å². The fraction of sp³-hybridized carbons (Fsp3) is 0.125. The van der Waals surface area contributed by atoms with Crippen LogP contribution in [0, 0.1) is 0 Å². The molecule has 10 heteroatoms. The molecule has 8 nitrogen and oxygen atoms in total. The molecule has 2 N–H and O–H groups in total. The summed E-state index contributed by atoms with van der Waals surface area (Å²) in [5.41, 5.74) is 4.30. The second-order valence-electron chi connectivity index (χ2n) is 7.14. The second kappa shape index (κ2) is 10.9. The van der Waals surface area contributed by atoms with E-state index < -0.39 is 11.8 Å². The number of benzene rings is 3. The van der Waals surface area contributed by atoms with Crippen molar-refractivity contribution in [3.05, 3.63) is 87.4 Å². The van der Waals surface area contributed by atoms with Crippen molar-refractivity contribution in [3.63, 3.8) is 0 Å². The summed E-state index contributed by atoms with van der Waals surface area (Å²) in [6.45, 7) is 0.191. The van der Waals surface area contributed by atoms with Crippen molar-refractivity contribution < 1.29 is 23.8 Å². The minimum absolute atomic E-state index is 0.120. The minimum atomic E-state index is -0.467. The van der Waals surface area contributed by atoms with Crippen LogP contribution >= 0.6 is 23.2 Å². The molecule has 0 saturated heterocycles. The number of fused-ring (bicyclic) bond motifs is 1. The molecule has 34 heavy (non-hydrogen) atoms. The zero-order valence-corrected chi connectivity index (χ0v) is 19.2. The molecule has 174 valence electrons. The van der Waals surface area contributed by atoms with Crippen molar-refractivity contribution in [1.82, 2.24) is 10.7 Å². The molecule has 4 rings (SSSR count). The lowest BCUT2D eigenvalue weighted by atomic mass is 10.2. The zero-order valence-electron chi connectivity index (χ0n) is 17.7. The molecular weight excluding hydrogens is 481 g/mol. The third kappa shape index (κ3) is 6.18. The first kappa shape index (κ1) is 23.4. The van der Waals surface area contributed by atoms with Gasteiger partial charge in [-0.1, -0.05) is 29.3 Å². The lowest BCUT2D eigenvalue weighted by Gasteiger charge is -2.08. The summed E-state index contributed by atoms with van der Waals surface area (Å²) in [5.74, 6) is 0.845. The smallest absolute Gasteiger partial charge is 0.259 e. The molecule has 2 amide bonds. The fourth-order valence-corrected chi connectivity index (χ4v) is 3.43. The van der Waals surface area contributed by atoms with Gasteiger partial charge in [-0.25, -0.2) is 5.43 Å². The van der Waals surface area contributed by atoms with Crippen molar-refractivity contribution in [2.24, 2.45) is 5.10 Å². The third-order valence-electron chi connectivity index (χ3n) is 4.74. The van der Waals surface area contributed by atoms with Crippen LogP contribution in [0.25, 0.3) is 0 Å². The predicted molar refractivity (Wildman–Crippen MR) is 128 cm³/mol. The Kier molecular flexibility index (Phi) is 7.51. The number of hydrogen-bond acceptors (Lipinski definition) is 6. The Labute approximate surface area is 205 Å². The number of amides is 2. The SMILES string of the molecule is O=C(CNC(=O)c1ccc2c(c1)OCO2)NN=Cc1ccc(OCc2ccc(Cl)cc2Cl)cc1. The number of carbonyl (C=O) groups is 2. The van der Waals surface area contributed by atoms with Gasteiger partial charge in [0, 0.05) is 21.2 Å². The second-order valence-corrected chi connectivity index (χ2v) is 7.98. The molecule has 0 atom stereocenters. The van der Waals surface area contributed by atoms with E-state index in [0.29, 0.717) is 39.5 Å². The van der Waals surface area contributed by atoms with E-state index in [1.54, 1.807) is 54.6 Å². The first-order chi connectivity index (χ1) is 16.5. The van der Waals surface area contributed by atoms with Gasteiger partial charge in [-0.15, -0.1) is 0 Å². The fourth-order valence-electron chi connectivity index (χ4n) is 2.97. The summed E-state index contributed by atoms with van der Waals surface area (Å²) in [5, 5.41) is 7.53. The van der Waals surface area contributed by atoms with Gasteiger partial charge in [0.05, 0.1) is 12.8 Å². The summed E-state index contributed by atoms with van der Waals surface area (Å²) < 4.78 is 16.2. The van der Waals surface area contributed by atoms with E-state index >= 15 is 0 Å². The highest BCUT2D eigenvalue weighted by Crippen LogP contribution is 2.32. The molecular formula is C24H19Cl2N3O5. The van der Waals surface area contributed by atoms with Crippen LogP contribution in [-0.2, 0) is 11.4 Å². The van der Waals surface area contributed by atoms with Crippen LogP contribution in [0.5, 0.6) is 17.2 Å². The number of ether oxygens (including phenoxy) is 3. The van der Waals surface area contributed by atoms with E-state index in [2.05, 4.69) is 15.8 Å². The standard InChI is InChI=1S/C24H19Cl2N3O5/c25-18-5-3-17(20(26)10-18)13-32-19-6-1-15(2-7-19)11-28-29-23(30)12-27-24(31)16-4-8-21-22(9-16)34-14-33-21/h1-11H,12-14H2,(H,27,31)(H,29,30). The van der Waals surface area contributed by atoms with Gasteiger partial charge in [0.1, 0.15) is 12.4 Å². The topological polar surface area (TPSA) is 98.3 Å². The number of carbonyl (C=O) groups excluding carboxylic acids is 2. The Morgan fingerprint density at radius 1 is 1.00 bits per heavy atom. The maximum Gasteiger partial charge on any atom is 0.259 e. The molecule has 3 aromatic rings. The van der Waals surface area contributed by atoms with Crippen LogP contribution in [0.4, 0.5) is 0 Å². The lowest BCUT2D eigenvalue weighted by molar-refractivity contribution is -0.120.